The highest BCUT2D eigenvalue weighted by Gasteiger charge is 2.09. The van der Waals surface area contributed by atoms with Crippen molar-refractivity contribution in [2.75, 3.05) is 0 Å². The second-order valence-electron chi connectivity index (χ2n) is 5.16. The van der Waals surface area contributed by atoms with Crippen molar-refractivity contribution >= 4 is 22.9 Å². The van der Waals surface area contributed by atoms with E-state index in [1.165, 1.54) is 16.0 Å². The molecule has 3 rings (SSSR count). The van der Waals surface area contributed by atoms with Crippen molar-refractivity contribution in [1.82, 2.24) is 14.5 Å². The summed E-state index contributed by atoms with van der Waals surface area (Å²) in [7, 11) is 1.87. The van der Waals surface area contributed by atoms with Crippen molar-refractivity contribution in [1.29, 1.82) is 0 Å². The quantitative estimate of drug-likeness (QED) is 0.806. The van der Waals surface area contributed by atoms with Crippen molar-refractivity contribution in [3.8, 4) is 0 Å². The van der Waals surface area contributed by atoms with Crippen LogP contribution in [0.1, 0.15) is 17.0 Å². The second kappa shape index (κ2) is 5.50. The number of pyridine rings is 1. The summed E-state index contributed by atoms with van der Waals surface area (Å²) in [4.78, 5) is 10.2. The smallest absolute Gasteiger partial charge is 0.161 e. The van der Waals surface area contributed by atoms with Crippen LogP contribution < -0.4 is 0 Å². The molecule has 5 heteroatoms. The van der Waals surface area contributed by atoms with E-state index in [-0.39, 0.29) is 6.61 Å². The molecule has 0 amide bonds. The van der Waals surface area contributed by atoms with Gasteiger partial charge < -0.3 is 9.67 Å². The molecule has 1 aromatic carbocycles. The highest BCUT2D eigenvalue weighted by Crippen LogP contribution is 2.29. The van der Waals surface area contributed by atoms with Crippen LogP contribution >= 0.6 is 11.8 Å². The zero-order valence-electron chi connectivity index (χ0n) is 12.3. The molecule has 0 bridgehead atoms. The Bertz CT molecular complexity index is 790. The molecule has 0 saturated heterocycles. The summed E-state index contributed by atoms with van der Waals surface area (Å²) in [6.07, 6.45) is 0. The van der Waals surface area contributed by atoms with Gasteiger partial charge in [0.15, 0.2) is 5.65 Å². The first-order valence-electron chi connectivity index (χ1n) is 6.76. The van der Waals surface area contributed by atoms with Crippen LogP contribution in [0.2, 0.25) is 0 Å². The van der Waals surface area contributed by atoms with Gasteiger partial charge in [-0.25, -0.2) is 9.97 Å². The Morgan fingerprint density at radius 3 is 2.48 bits per heavy atom. The van der Waals surface area contributed by atoms with Gasteiger partial charge in [0.05, 0.1) is 0 Å². The summed E-state index contributed by atoms with van der Waals surface area (Å²) in [5, 5.41) is 10.2. The maximum atomic E-state index is 9.27. The average Bonchev–Trinajstić information content (AvgIpc) is 2.74. The van der Waals surface area contributed by atoms with Crippen molar-refractivity contribution < 1.29 is 5.11 Å². The van der Waals surface area contributed by atoms with E-state index in [1.807, 2.05) is 23.7 Å². The SMILES string of the molecule is Cc1cc(C)cc(Sc2ccc3nc(CO)n(C)c3n2)c1. The van der Waals surface area contributed by atoms with Crippen molar-refractivity contribution in [3.05, 3.63) is 47.3 Å². The van der Waals surface area contributed by atoms with Crippen molar-refractivity contribution in [2.24, 2.45) is 7.05 Å². The summed E-state index contributed by atoms with van der Waals surface area (Å²) < 4.78 is 1.83. The molecular formula is C16H17N3OS. The predicted molar refractivity (Wildman–Crippen MR) is 84.5 cm³/mol. The molecule has 0 unspecified atom stereocenters. The number of aryl methyl sites for hydroxylation is 3. The number of aliphatic hydroxyl groups excluding tert-OH is 1. The Kier molecular flexibility index (Phi) is 3.69. The van der Waals surface area contributed by atoms with Crippen LogP contribution in [-0.4, -0.2) is 19.6 Å². The summed E-state index contributed by atoms with van der Waals surface area (Å²) in [5.41, 5.74) is 4.11. The molecule has 0 atom stereocenters. The van der Waals surface area contributed by atoms with Gasteiger partial charge in [-0.3, -0.25) is 0 Å². The number of aromatic nitrogens is 3. The van der Waals surface area contributed by atoms with Crippen molar-refractivity contribution in [3.63, 3.8) is 0 Å². The molecule has 0 aliphatic carbocycles. The highest BCUT2D eigenvalue weighted by atomic mass is 32.2. The van der Waals surface area contributed by atoms with Gasteiger partial charge in [0, 0.05) is 11.9 Å². The number of imidazole rings is 1. The Hall–Kier alpha value is -1.85. The Labute approximate surface area is 127 Å². The third kappa shape index (κ3) is 2.80. The van der Waals surface area contributed by atoms with E-state index in [2.05, 4.69) is 42.0 Å². The maximum Gasteiger partial charge on any atom is 0.161 e. The fraction of sp³-hybridized carbons (Fsp3) is 0.250. The fourth-order valence-corrected chi connectivity index (χ4v) is 3.40. The van der Waals surface area contributed by atoms with Gasteiger partial charge >= 0.3 is 0 Å². The molecule has 4 nitrogen and oxygen atoms in total. The molecule has 0 spiro atoms. The van der Waals surface area contributed by atoms with Crippen LogP contribution in [0, 0.1) is 13.8 Å². The Morgan fingerprint density at radius 1 is 1.10 bits per heavy atom. The molecule has 2 heterocycles. The fourth-order valence-electron chi connectivity index (χ4n) is 2.40. The van der Waals surface area contributed by atoms with E-state index in [0.717, 1.165) is 16.2 Å². The van der Waals surface area contributed by atoms with E-state index in [1.54, 1.807) is 11.8 Å². The molecule has 0 aliphatic heterocycles. The lowest BCUT2D eigenvalue weighted by Crippen LogP contribution is -1.97. The number of nitrogens with zero attached hydrogens (tertiary/aromatic N) is 3. The van der Waals surface area contributed by atoms with Crippen molar-refractivity contribution in [2.45, 2.75) is 30.4 Å². The van der Waals surface area contributed by atoms with Crippen LogP contribution in [0.4, 0.5) is 0 Å². The van der Waals surface area contributed by atoms with E-state index < -0.39 is 0 Å². The van der Waals surface area contributed by atoms with Gasteiger partial charge in [-0.05, 0) is 49.2 Å². The zero-order chi connectivity index (χ0) is 15.0. The lowest BCUT2D eigenvalue weighted by Gasteiger charge is -2.05. The first kappa shape index (κ1) is 14.1. The summed E-state index contributed by atoms with van der Waals surface area (Å²) in [6.45, 7) is 4.12. The molecule has 0 fully saturated rings. The van der Waals surface area contributed by atoms with E-state index in [9.17, 15) is 5.11 Å². The minimum absolute atomic E-state index is 0.0770. The van der Waals surface area contributed by atoms with Gasteiger partial charge in [-0.15, -0.1) is 0 Å². The summed E-state index contributed by atoms with van der Waals surface area (Å²) >= 11 is 1.64. The number of hydrogen-bond acceptors (Lipinski definition) is 4. The van der Waals surface area contributed by atoms with E-state index in [0.29, 0.717) is 5.82 Å². The van der Waals surface area contributed by atoms with Crippen LogP contribution in [0.3, 0.4) is 0 Å². The molecule has 1 N–H and O–H groups in total. The van der Waals surface area contributed by atoms with Crippen LogP contribution in [0.25, 0.3) is 11.2 Å². The minimum Gasteiger partial charge on any atom is -0.388 e. The summed E-state index contributed by atoms with van der Waals surface area (Å²) in [6, 6.07) is 10.4. The zero-order valence-corrected chi connectivity index (χ0v) is 13.1. The largest absolute Gasteiger partial charge is 0.388 e. The molecule has 0 saturated carbocycles. The molecule has 2 aromatic heterocycles. The number of fused-ring (bicyclic) bond motifs is 1. The number of benzene rings is 1. The third-order valence-electron chi connectivity index (χ3n) is 3.34. The second-order valence-corrected chi connectivity index (χ2v) is 6.26. The minimum atomic E-state index is -0.0770. The molecular weight excluding hydrogens is 282 g/mol. The van der Waals surface area contributed by atoms with Crippen LogP contribution in [0.5, 0.6) is 0 Å². The highest BCUT2D eigenvalue weighted by molar-refractivity contribution is 7.99. The van der Waals surface area contributed by atoms with E-state index >= 15 is 0 Å². The normalized spacial score (nSPS) is 11.2. The first-order valence-corrected chi connectivity index (χ1v) is 7.58. The molecule has 0 radical (unpaired) electrons. The van der Waals surface area contributed by atoms with Crippen LogP contribution in [0.15, 0.2) is 40.3 Å². The average molecular weight is 299 g/mol. The first-order chi connectivity index (χ1) is 10.1. The topological polar surface area (TPSA) is 50.9 Å². The van der Waals surface area contributed by atoms with E-state index in [4.69, 9.17) is 0 Å². The standard InChI is InChI=1S/C16H17N3OS/c1-10-6-11(2)8-12(7-10)21-15-5-4-13-16(18-15)19(3)14(9-20)17-13/h4-8,20H,9H2,1-3H3. The van der Waals surface area contributed by atoms with Gasteiger partial charge in [0.2, 0.25) is 0 Å². The lowest BCUT2D eigenvalue weighted by molar-refractivity contribution is 0.268. The number of aliphatic hydroxyl groups is 1. The number of hydrogen-bond donors (Lipinski definition) is 1. The van der Waals surface area contributed by atoms with Gasteiger partial charge in [-0.2, -0.15) is 0 Å². The van der Waals surface area contributed by atoms with Crippen LogP contribution in [-0.2, 0) is 13.7 Å². The Balaban J connectivity index is 1.99. The Morgan fingerprint density at radius 2 is 1.81 bits per heavy atom. The third-order valence-corrected chi connectivity index (χ3v) is 4.25. The molecule has 0 aliphatic rings. The number of rotatable bonds is 3. The van der Waals surface area contributed by atoms with Gasteiger partial charge in [-0.1, -0.05) is 17.8 Å². The molecule has 108 valence electrons. The molecule has 3 aromatic rings. The van der Waals surface area contributed by atoms with Gasteiger partial charge in [0.25, 0.3) is 0 Å². The molecule has 21 heavy (non-hydrogen) atoms. The lowest BCUT2D eigenvalue weighted by atomic mass is 10.2. The predicted octanol–water partition coefficient (Wildman–Crippen LogP) is 3.23. The monoisotopic (exact) mass is 299 g/mol. The maximum absolute atomic E-state index is 9.27. The summed E-state index contributed by atoms with van der Waals surface area (Å²) in [5.74, 6) is 0.631. The van der Waals surface area contributed by atoms with Gasteiger partial charge in [0.1, 0.15) is 23.0 Å².